The van der Waals surface area contributed by atoms with Crippen molar-refractivity contribution in [2.45, 2.75) is 19.8 Å². The molecule has 0 aliphatic carbocycles. The maximum atomic E-state index is 12.9. The lowest BCUT2D eigenvalue weighted by Gasteiger charge is -2.19. The summed E-state index contributed by atoms with van der Waals surface area (Å²) < 4.78 is 1.84. The van der Waals surface area contributed by atoms with Crippen LogP contribution >= 0.6 is 0 Å². The van der Waals surface area contributed by atoms with Gasteiger partial charge in [0.1, 0.15) is 11.5 Å². The Morgan fingerprint density at radius 3 is 2.47 bits per heavy atom. The van der Waals surface area contributed by atoms with Crippen LogP contribution in [0.2, 0.25) is 0 Å². The van der Waals surface area contributed by atoms with Gasteiger partial charge in [0.05, 0.1) is 17.7 Å². The van der Waals surface area contributed by atoms with Crippen LogP contribution in [0.1, 0.15) is 28.5 Å². The van der Waals surface area contributed by atoms with Crippen molar-refractivity contribution in [3.63, 3.8) is 0 Å². The molecule has 2 heterocycles. The first kappa shape index (κ1) is 21.5. The molecule has 1 N–H and O–H groups in total. The zero-order valence-corrected chi connectivity index (χ0v) is 18.1. The summed E-state index contributed by atoms with van der Waals surface area (Å²) in [6.07, 6.45) is 2.75. The molecule has 0 bridgehead atoms. The number of aryl methyl sites for hydroxylation is 1. The lowest BCUT2D eigenvalue weighted by atomic mass is 10.1. The number of benzene rings is 1. The number of likely N-dealkylation sites (N-methyl/N-ethyl adjacent to an activating group) is 2. The van der Waals surface area contributed by atoms with E-state index in [4.69, 9.17) is 0 Å². The highest BCUT2D eigenvalue weighted by atomic mass is 16.2. The number of carbonyl (C=O) groups is 2. The highest BCUT2D eigenvalue weighted by Gasteiger charge is 2.21. The Balaban J connectivity index is 1.88. The SMILES string of the molecule is CCc1nc2ccc(C(=O)NCCN(C)C)cn2c1N(C)C(=O)Cc1ccccc1. The molecular formula is C23H29N5O2. The number of carbonyl (C=O) groups excluding carboxylic acids is 2. The molecule has 7 nitrogen and oxygen atoms in total. The van der Waals surface area contributed by atoms with Gasteiger partial charge in [0.2, 0.25) is 5.91 Å². The molecule has 30 heavy (non-hydrogen) atoms. The molecular weight excluding hydrogens is 378 g/mol. The second kappa shape index (κ2) is 9.54. The highest BCUT2D eigenvalue weighted by molar-refractivity contribution is 5.96. The lowest BCUT2D eigenvalue weighted by Crippen LogP contribution is -2.31. The minimum absolute atomic E-state index is 0.0291. The summed E-state index contributed by atoms with van der Waals surface area (Å²) in [6, 6.07) is 13.3. The summed E-state index contributed by atoms with van der Waals surface area (Å²) in [5, 5.41) is 2.93. The molecule has 7 heteroatoms. The third kappa shape index (κ3) is 4.86. The fraction of sp³-hybridized carbons (Fsp3) is 0.348. The number of rotatable bonds is 8. The van der Waals surface area contributed by atoms with Crippen molar-refractivity contribution < 1.29 is 9.59 Å². The molecule has 2 aromatic heterocycles. The Kier molecular flexibility index (Phi) is 6.84. The third-order valence-electron chi connectivity index (χ3n) is 4.99. The maximum absolute atomic E-state index is 12.9. The van der Waals surface area contributed by atoms with Crippen LogP contribution in [0.3, 0.4) is 0 Å². The van der Waals surface area contributed by atoms with Gasteiger partial charge in [-0.05, 0) is 38.2 Å². The number of amides is 2. The van der Waals surface area contributed by atoms with Crippen LogP contribution in [0.15, 0.2) is 48.7 Å². The van der Waals surface area contributed by atoms with Gasteiger partial charge >= 0.3 is 0 Å². The molecule has 3 aromatic rings. The largest absolute Gasteiger partial charge is 0.351 e. The topological polar surface area (TPSA) is 70.0 Å². The standard InChI is InChI=1S/C23H29N5O2/c1-5-19-23(27(4)21(29)15-17-9-7-6-8-10-17)28-16-18(11-12-20(28)25-19)22(30)24-13-14-26(2)3/h6-12,16H,5,13-15H2,1-4H3,(H,24,30). The second-order valence-electron chi connectivity index (χ2n) is 7.56. The van der Waals surface area contributed by atoms with Crippen molar-refractivity contribution in [2.24, 2.45) is 0 Å². The van der Waals surface area contributed by atoms with E-state index in [2.05, 4.69) is 10.3 Å². The minimum Gasteiger partial charge on any atom is -0.351 e. The Morgan fingerprint density at radius 1 is 1.07 bits per heavy atom. The predicted octanol–water partition coefficient (Wildman–Crippen LogP) is 2.39. The van der Waals surface area contributed by atoms with Crippen molar-refractivity contribution in [1.82, 2.24) is 19.6 Å². The van der Waals surface area contributed by atoms with Crippen molar-refractivity contribution in [2.75, 3.05) is 39.1 Å². The predicted molar refractivity (Wildman–Crippen MR) is 119 cm³/mol. The van der Waals surface area contributed by atoms with E-state index in [0.717, 1.165) is 17.8 Å². The average molecular weight is 408 g/mol. The van der Waals surface area contributed by atoms with Crippen LogP contribution in [0, 0.1) is 0 Å². The molecule has 0 unspecified atom stereocenters. The Labute approximate surface area is 177 Å². The van der Waals surface area contributed by atoms with Crippen LogP contribution < -0.4 is 10.2 Å². The number of pyridine rings is 1. The first-order valence-electron chi connectivity index (χ1n) is 10.1. The van der Waals surface area contributed by atoms with Gasteiger partial charge in [-0.25, -0.2) is 4.98 Å². The molecule has 0 aliphatic heterocycles. The molecule has 0 saturated carbocycles. The van der Waals surface area contributed by atoms with E-state index >= 15 is 0 Å². The van der Waals surface area contributed by atoms with E-state index in [9.17, 15) is 9.59 Å². The Hall–Kier alpha value is -3.19. The van der Waals surface area contributed by atoms with Gasteiger partial charge in [-0.3, -0.25) is 18.9 Å². The van der Waals surface area contributed by atoms with Crippen molar-refractivity contribution >= 4 is 23.3 Å². The molecule has 0 spiro atoms. The van der Waals surface area contributed by atoms with Gasteiger partial charge in [-0.1, -0.05) is 37.3 Å². The normalized spacial score (nSPS) is 11.1. The van der Waals surface area contributed by atoms with Gasteiger partial charge in [-0.15, -0.1) is 0 Å². The molecule has 0 saturated heterocycles. The smallest absolute Gasteiger partial charge is 0.252 e. The quantitative estimate of drug-likeness (QED) is 0.623. The molecule has 2 amide bonds. The summed E-state index contributed by atoms with van der Waals surface area (Å²) in [6.45, 7) is 3.34. The van der Waals surface area contributed by atoms with Gasteiger partial charge in [0.25, 0.3) is 5.91 Å². The maximum Gasteiger partial charge on any atom is 0.252 e. The minimum atomic E-state index is -0.144. The highest BCUT2D eigenvalue weighted by Crippen LogP contribution is 2.24. The van der Waals surface area contributed by atoms with Gasteiger partial charge in [0.15, 0.2) is 0 Å². The van der Waals surface area contributed by atoms with Crippen LogP contribution in [-0.2, 0) is 17.6 Å². The molecule has 3 rings (SSSR count). The number of fused-ring (bicyclic) bond motifs is 1. The monoisotopic (exact) mass is 407 g/mol. The van der Waals surface area contributed by atoms with Crippen LogP contribution in [0.5, 0.6) is 0 Å². The molecule has 0 atom stereocenters. The summed E-state index contributed by atoms with van der Waals surface area (Å²) in [5.74, 6) is 0.532. The number of hydrogen-bond acceptors (Lipinski definition) is 4. The van der Waals surface area contributed by atoms with Gasteiger partial charge < -0.3 is 10.2 Å². The molecule has 0 fully saturated rings. The molecule has 1 aromatic carbocycles. The zero-order valence-electron chi connectivity index (χ0n) is 18.1. The van der Waals surface area contributed by atoms with Crippen LogP contribution in [-0.4, -0.2) is 60.3 Å². The van der Waals surface area contributed by atoms with E-state index in [1.54, 1.807) is 24.2 Å². The molecule has 0 aliphatic rings. The lowest BCUT2D eigenvalue weighted by molar-refractivity contribution is -0.117. The number of aromatic nitrogens is 2. The van der Waals surface area contributed by atoms with Crippen LogP contribution in [0.4, 0.5) is 5.82 Å². The number of hydrogen-bond donors (Lipinski definition) is 1. The third-order valence-corrected chi connectivity index (χ3v) is 4.99. The Morgan fingerprint density at radius 2 is 1.80 bits per heavy atom. The zero-order chi connectivity index (χ0) is 21.7. The molecule has 0 radical (unpaired) electrons. The summed E-state index contributed by atoms with van der Waals surface area (Å²) >= 11 is 0. The summed E-state index contributed by atoms with van der Waals surface area (Å²) in [5.41, 5.74) is 3.03. The van der Waals surface area contributed by atoms with E-state index in [1.165, 1.54) is 0 Å². The first-order valence-corrected chi connectivity index (χ1v) is 10.1. The van der Waals surface area contributed by atoms with E-state index in [0.29, 0.717) is 36.4 Å². The van der Waals surface area contributed by atoms with E-state index < -0.39 is 0 Å². The van der Waals surface area contributed by atoms with Crippen molar-refractivity contribution in [1.29, 1.82) is 0 Å². The fourth-order valence-corrected chi connectivity index (χ4v) is 3.31. The van der Waals surface area contributed by atoms with Crippen LogP contribution in [0.25, 0.3) is 5.65 Å². The van der Waals surface area contributed by atoms with Crippen molar-refractivity contribution in [3.8, 4) is 0 Å². The number of imidazole rings is 1. The van der Waals surface area contributed by atoms with E-state index in [-0.39, 0.29) is 11.8 Å². The van der Waals surface area contributed by atoms with Crippen molar-refractivity contribution in [3.05, 3.63) is 65.5 Å². The fourth-order valence-electron chi connectivity index (χ4n) is 3.31. The summed E-state index contributed by atoms with van der Waals surface area (Å²) in [4.78, 5) is 33.8. The number of anilines is 1. The van der Waals surface area contributed by atoms with E-state index in [1.807, 2.05) is 66.7 Å². The second-order valence-corrected chi connectivity index (χ2v) is 7.56. The molecule has 158 valence electrons. The van der Waals surface area contributed by atoms with Gasteiger partial charge in [-0.2, -0.15) is 0 Å². The average Bonchev–Trinajstić information content (AvgIpc) is 3.11. The summed E-state index contributed by atoms with van der Waals surface area (Å²) in [7, 11) is 5.69. The first-order chi connectivity index (χ1) is 14.4. The van der Waals surface area contributed by atoms with Gasteiger partial charge in [0, 0.05) is 26.3 Å². The Bertz CT molecular complexity index is 1030. The number of nitrogens with zero attached hydrogens (tertiary/aromatic N) is 4. The number of nitrogens with one attached hydrogen (secondary N) is 1.